The predicted molar refractivity (Wildman–Crippen MR) is 120 cm³/mol. The summed E-state index contributed by atoms with van der Waals surface area (Å²) in [6.07, 6.45) is -1.26. The highest BCUT2D eigenvalue weighted by Gasteiger charge is 2.34. The van der Waals surface area contributed by atoms with Crippen molar-refractivity contribution in [2.75, 3.05) is 23.8 Å². The minimum atomic E-state index is -4.43. The van der Waals surface area contributed by atoms with Crippen molar-refractivity contribution in [3.8, 4) is 11.8 Å². The van der Waals surface area contributed by atoms with Gasteiger partial charge < -0.3 is 10.2 Å². The Morgan fingerprint density at radius 2 is 1.81 bits per heavy atom. The van der Waals surface area contributed by atoms with Gasteiger partial charge in [0.25, 0.3) is 5.91 Å². The van der Waals surface area contributed by atoms with Crippen molar-refractivity contribution in [3.63, 3.8) is 0 Å². The molecular formula is C22H20F3N5OS. The average molecular weight is 459 g/mol. The maximum atomic E-state index is 13.2. The van der Waals surface area contributed by atoms with Crippen LogP contribution in [0.25, 0.3) is 0 Å². The topological polar surface area (TPSA) is 63.1 Å². The molecule has 32 heavy (non-hydrogen) atoms. The van der Waals surface area contributed by atoms with Crippen LogP contribution in [0.15, 0.2) is 48.8 Å². The van der Waals surface area contributed by atoms with Gasteiger partial charge in [-0.25, -0.2) is 4.98 Å². The van der Waals surface area contributed by atoms with E-state index in [1.165, 1.54) is 23.2 Å². The number of carbonyl (C=O) groups excluding carboxylic acids is 1. The largest absolute Gasteiger partial charge is 0.416 e. The number of benzene rings is 1. The van der Waals surface area contributed by atoms with Crippen LogP contribution in [0.4, 0.5) is 24.7 Å². The number of fused-ring (bicyclic) bond motifs is 1. The van der Waals surface area contributed by atoms with Crippen molar-refractivity contribution in [1.29, 1.82) is 0 Å². The van der Waals surface area contributed by atoms with Gasteiger partial charge in [0, 0.05) is 25.5 Å². The molecule has 0 fully saturated rings. The lowest BCUT2D eigenvalue weighted by atomic mass is 10.1. The molecule has 3 heterocycles. The standard InChI is InChI=1S/C22H18F3N5O.H2S/c1-14-13-29(18-9-7-17(8-10-18)22(23,24)25)21(31)19-16(12-28-30(14)19)6-5-15-4-3-11-27-20(15)26-2;/h3-4,7-12,14H,13H2,1-2H3,(H,26,27);1H2/t14-;/m0./s1. The molecule has 10 heteroatoms. The summed E-state index contributed by atoms with van der Waals surface area (Å²) >= 11 is 0. The number of rotatable bonds is 2. The lowest BCUT2D eigenvalue weighted by Crippen LogP contribution is -2.43. The van der Waals surface area contributed by atoms with Crippen molar-refractivity contribution < 1.29 is 18.0 Å². The van der Waals surface area contributed by atoms with Crippen molar-refractivity contribution in [2.24, 2.45) is 0 Å². The first kappa shape index (κ1) is 23.2. The quantitative estimate of drug-likeness (QED) is 0.587. The first-order valence-corrected chi connectivity index (χ1v) is 9.51. The molecule has 0 radical (unpaired) electrons. The van der Waals surface area contributed by atoms with E-state index in [0.29, 0.717) is 28.3 Å². The normalized spacial score (nSPS) is 15.3. The molecular weight excluding hydrogens is 439 g/mol. The Labute approximate surface area is 189 Å². The van der Waals surface area contributed by atoms with E-state index in [2.05, 4.69) is 27.2 Å². The summed E-state index contributed by atoms with van der Waals surface area (Å²) in [7, 11) is 1.74. The second-order valence-corrected chi connectivity index (χ2v) is 7.06. The van der Waals surface area contributed by atoms with Gasteiger partial charge in [0.2, 0.25) is 0 Å². The molecule has 1 N–H and O–H groups in total. The summed E-state index contributed by atoms with van der Waals surface area (Å²) in [6, 6.07) is 7.96. The fraction of sp³-hybridized carbons (Fsp3) is 0.227. The molecule has 0 spiro atoms. The van der Waals surface area contributed by atoms with Crippen molar-refractivity contribution >= 4 is 30.9 Å². The van der Waals surface area contributed by atoms with Gasteiger partial charge in [-0.05, 0) is 43.3 Å². The Balaban J connectivity index is 0.00000289. The molecule has 1 aliphatic rings. The summed E-state index contributed by atoms with van der Waals surface area (Å²) in [5, 5.41) is 7.26. The summed E-state index contributed by atoms with van der Waals surface area (Å²) in [6.45, 7) is 2.18. The third-order valence-corrected chi connectivity index (χ3v) is 4.99. The number of halogens is 3. The molecule has 0 aliphatic carbocycles. The maximum absolute atomic E-state index is 13.2. The third kappa shape index (κ3) is 4.29. The Hall–Kier alpha value is -3.45. The molecule has 0 saturated carbocycles. The number of alkyl halides is 3. The Kier molecular flexibility index (Phi) is 6.50. The second kappa shape index (κ2) is 8.96. The zero-order valence-electron chi connectivity index (χ0n) is 17.2. The van der Waals surface area contributed by atoms with E-state index >= 15 is 0 Å². The Morgan fingerprint density at radius 1 is 1.12 bits per heavy atom. The van der Waals surface area contributed by atoms with Crippen LogP contribution in [0.2, 0.25) is 0 Å². The first-order valence-electron chi connectivity index (χ1n) is 9.51. The predicted octanol–water partition coefficient (Wildman–Crippen LogP) is 4.07. The number of nitrogens with zero attached hydrogens (tertiary/aromatic N) is 4. The molecule has 0 unspecified atom stereocenters. The third-order valence-electron chi connectivity index (χ3n) is 4.99. The summed E-state index contributed by atoms with van der Waals surface area (Å²) < 4.78 is 40.2. The van der Waals surface area contributed by atoms with E-state index in [1.807, 2.05) is 6.92 Å². The highest BCUT2D eigenvalue weighted by Crippen LogP contribution is 2.32. The fourth-order valence-corrected chi connectivity index (χ4v) is 3.45. The van der Waals surface area contributed by atoms with Gasteiger partial charge in [-0.15, -0.1) is 0 Å². The number of carbonyl (C=O) groups is 1. The van der Waals surface area contributed by atoms with Gasteiger partial charge >= 0.3 is 6.18 Å². The van der Waals surface area contributed by atoms with Crippen molar-refractivity contribution in [1.82, 2.24) is 14.8 Å². The lowest BCUT2D eigenvalue weighted by molar-refractivity contribution is -0.137. The second-order valence-electron chi connectivity index (χ2n) is 7.06. The Morgan fingerprint density at radius 3 is 2.47 bits per heavy atom. The number of anilines is 2. The van der Waals surface area contributed by atoms with E-state index in [0.717, 1.165) is 12.1 Å². The molecule has 2 aromatic heterocycles. The molecule has 166 valence electrons. The van der Waals surface area contributed by atoms with Gasteiger partial charge in [-0.1, -0.05) is 11.8 Å². The highest BCUT2D eigenvalue weighted by molar-refractivity contribution is 7.59. The minimum Gasteiger partial charge on any atom is -0.372 e. The average Bonchev–Trinajstić information content (AvgIpc) is 3.19. The number of nitrogens with one attached hydrogen (secondary N) is 1. The van der Waals surface area contributed by atoms with Crippen LogP contribution in [0.3, 0.4) is 0 Å². The molecule has 6 nitrogen and oxygen atoms in total. The summed E-state index contributed by atoms with van der Waals surface area (Å²) in [4.78, 5) is 18.9. The van der Waals surface area contributed by atoms with Crippen LogP contribution in [-0.4, -0.2) is 34.3 Å². The van der Waals surface area contributed by atoms with Gasteiger partial charge in [-0.3, -0.25) is 9.48 Å². The molecule has 1 aromatic carbocycles. The van der Waals surface area contributed by atoms with Crippen LogP contribution in [0.1, 0.15) is 40.1 Å². The van der Waals surface area contributed by atoms with Crippen LogP contribution in [0.5, 0.6) is 0 Å². The monoisotopic (exact) mass is 459 g/mol. The van der Waals surface area contributed by atoms with Gasteiger partial charge in [0.1, 0.15) is 11.5 Å². The summed E-state index contributed by atoms with van der Waals surface area (Å²) in [5.74, 6) is 6.24. The first-order chi connectivity index (χ1) is 14.8. The maximum Gasteiger partial charge on any atom is 0.416 e. The van der Waals surface area contributed by atoms with Crippen LogP contribution < -0.4 is 10.2 Å². The Bertz CT molecular complexity index is 1190. The molecule has 3 aromatic rings. The van der Waals surface area contributed by atoms with Crippen molar-refractivity contribution in [2.45, 2.75) is 19.1 Å². The SMILES string of the molecule is CNc1ncccc1C#Cc1cnn2c1C(=O)N(c1ccc(C(F)(F)F)cc1)C[C@@H]2C.S. The molecule has 1 atom stereocenters. The van der Waals surface area contributed by atoms with E-state index < -0.39 is 11.7 Å². The zero-order chi connectivity index (χ0) is 22.2. The van der Waals surface area contributed by atoms with E-state index in [4.69, 9.17) is 0 Å². The van der Waals surface area contributed by atoms with Crippen molar-refractivity contribution in [3.05, 3.63) is 71.2 Å². The number of hydrogen-bond acceptors (Lipinski definition) is 4. The fourth-order valence-electron chi connectivity index (χ4n) is 3.45. The molecule has 0 bridgehead atoms. The van der Waals surface area contributed by atoms with E-state index in [1.54, 1.807) is 30.1 Å². The van der Waals surface area contributed by atoms with E-state index in [9.17, 15) is 18.0 Å². The highest BCUT2D eigenvalue weighted by atomic mass is 32.1. The minimum absolute atomic E-state index is 0. The number of pyridine rings is 1. The van der Waals surface area contributed by atoms with Crippen LogP contribution in [-0.2, 0) is 6.18 Å². The van der Waals surface area contributed by atoms with Crippen LogP contribution >= 0.6 is 13.5 Å². The summed E-state index contributed by atoms with van der Waals surface area (Å²) in [5.41, 5.74) is 1.05. The van der Waals surface area contributed by atoms with Crippen LogP contribution in [0, 0.1) is 11.8 Å². The molecule has 1 amide bonds. The smallest absolute Gasteiger partial charge is 0.372 e. The van der Waals surface area contributed by atoms with Gasteiger partial charge in [0.15, 0.2) is 0 Å². The van der Waals surface area contributed by atoms with Gasteiger partial charge in [0.05, 0.1) is 28.9 Å². The lowest BCUT2D eigenvalue weighted by Gasteiger charge is -2.32. The number of amides is 1. The molecule has 1 aliphatic heterocycles. The van der Waals surface area contributed by atoms with Gasteiger partial charge in [-0.2, -0.15) is 31.8 Å². The zero-order valence-corrected chi connectivity index (χ0v) is 18.2. The molecule has 0 saturated heterocycles. The number of aromatic nitrogens is 3. The molecule has 4 rings (SSSR count). The van der Waals surface area contributed by atoms with E-state index in [-0.39, 0.29) is 32.0 Å². The number of hydrogen-bond donors (Lipinski definition) is 1.